The zero-order valence-corrected chi connectivity index (χ0v) is 12.8. The second kappa shape index (κ2) is 7.09. The Kier molecular flexibility index (Phi) is 5.17. The van der Waals surface area contributed by atoms with Gasteiger partial charge in [-0.15, -0.1) is 0 Å². The first-order chi connectivity index (χ1) is 10.5. The molecule has 0 aliphatic carbocycles. The summed E-state index contributed by atoms with van der Waals surface area (Å²) in [5, 5.41) is 12.1. The monoisotopic (exact) mass is 317 g/mol. The van der Waals surface area contributed by atoms with E-state index in [4.69, 9.17) is 11.6 Å². The van der Waals surface area contributed by atoms with Crippen molar-refractivity contribution in [1.82, 2.24) is 5.32 Å². The van der Waals surface area contributed by atoms with Crippen molar-refractivity contribution in [3.8, 4) is 0 Å². The third kappa shape index (κ3) is 4.09. The fourth-order valence-electron chi connectivity index (χ4n) is 2.04. The molecule has 2 N–H and O–H groups in total. The van der Waals surface area contributed by atoms with E-state index in [9.17, 15) is 14.7 Å². The van der Waals surface area contributed by atoms with Crippen LogP contribution in [0, 0.1) is 6.92 Å². The van der Waals surface area contributed by atoms with Gasteiger partial charge in [0, 0.05) is 6.42 Å². The summed E-state index contributed by atoms with van der Waals surface area (Å²) < 4.78 is 0. The van der Waals surface area contributed by atoms with Crippen LogP contribution in [0.5, 0.6) is 0 Å². The number of benzene rings is 2. The molecule has 0 spiro atoms. The first-order valence-electron chi connectivity index (χ1n) is 6.81. The Morgan fingerprint density at radius 1 is 1.14 bits per heavy atom. The van der Waals surface area contributed by atoms with E-state index in [2.05, 4.69) is 5.32 Å². The van der Waals surface area contributed by atoms with Gasteiger partial charge in [-0.05, 0) is 24.6 Å². The Labute approximate surface area is 133 Å². The minimum absolute atomic E-state index is 0.214. The molecule has 0 aliphatic rings. The Morgan fingerprint density at radius 3 is 2.36 bits per heavy atom. The molecule has 2 aromatic carbocycles. The van der Waals surface area contributed by atoms with Crippen molar-refractivity contribution in [2.24, 2.45) is 0 Å². The van der Waals surface area contributed by atoms with E-state index in [1.807, 2.05) is 31.2 Å². The maximum absolute atomic E-state index is 12.2. The summed E-state index contributed by atoms with van der Waals surface area (Å²) in [6, 6.07) is 13.0. The molecule has 22 heavy (non-hydrogen) atoms. The standard InChI is InChI=1S/C17H16ClNO3/c1-11-6-8-12(9-7-11)10-15(17(21)22)19-16(20)13-4-2-3-5-14(13)18/h2-9,15H,10H2,1H3,(H,19,20)(H,21,22)/t15-/m1/s1. The summed E-state index contributed by atoms with van der Waals surface area (Å²) in [4.78, 5) is 23.5. The van der Waals surface area contributed by atoms with Crippen LogP contribution in [-0.4, -0.2) is 23.0 Å². The lowest BCUT2D eigenvalue weighted by Gasteiger charge is -2.15. The van der Waals surface area contributed by atoms with Crippen molar-refractivity contribution in [2.75, 3.05) is 0 Å². The van der Waals surface area contributed by atoms with Crippen molar-refractivity contribution in [3.63, 3.8) is 0 Å². The molecule has 2 rings (SSSR count). The maximum atomic E-state index is 12.2. The first-order valence-corrected chi connectivity index (χ1v) is 7.19. The molecule has 1 atom stereocenters. The molecule has 5 heteroatoms. The number of aryl methyl sites for hydroxylation is 1. The summed E-state index contributed by atoms with van der Waals surface area (Å²) in [7, 11) is 0. The highest BCUT2D eigenvalue weighted by Gasteiger charge is 2.22. The smallest absolute Gasteiger partial charge is 0.326 e. The Hall–Kier alpha value is -2.33. The van der Waals surface area contributed by atoms with E-state index in [-0.39, 0.29) is 12.0 Å². The molecule has 2 aromatic rings. The van der Waals surface area contributed by atoms with Gasteiger partial charge in [0.1, 0.15) is 6.04 Å². The lowest BCUT2D eigenvalue weighted by molar-refractivity contribution is -0.139. The van der Waals surface area contributed by atoms with Crippen LogP contribution >= 0.6 is 11.6 Å². The third-order valence-corrected chi connectivity index (χ3v) is 3.61. The minimum Gasteiger partial charge on any atom is -0.480 e. The van der Waals surface area contributed by atoms with Crippen molar-refractivity contribution in [1.29, 1.82) is 0 Å². The average Bonchev–Trinajstić information content (AvgIpc) is 2.49. The number of carbonyl (C=O) groups is 2. The Bertz CT molecular complexity index is 683. The third-order valence-electron chi connectivity index (χ3n) is 3.28. The van der Waals surface area contributed by atoms with Gasteiger partial charge in [0.25, 0.3) is 5.91 Å². The molecule has 0 bridgehead atoms. The molecule has 4 nitrogen and oxygen atoms in total. The van der Waals surface area contributed by atoms with E-state index in [0.717, 1.165) is 11.1 Å². The molecule has 0 saturated heterocycles. The van der Waals surface area contributed by atoms with E-state index < -0.39 is 17.9 Å². The van der Waals surface area contributed by atoms with Crippen LogP contribution in [0.4, 0.5) is 0 Å². The van der Waals surface area contributed by atoms with E-state index >= 15 is 0 Å². The molecule has 0 radical (unpaired) electrons. The number of halogens is 1. The second-order valence-electron chi connectivity index (χ2n) is 5.03. The van der Waals surface area contributed by atoms with Gasteiger partial charge in [-0.3, -0.25) is 4.79 Å². The van der Waals surface area contributed by atoms with Gasteiger partial charge in [0.2, 0.25) is 0 Å². The molecule has 0 fully saturated rings. The molecule has 0 heterocycles. The molecular formula is C17H16ClNO3. The fourth-order valence-corrected chi connectivity index (χ4v) is 2.26. The highest BCUT2D eigenvalue weighted by atomic mass is 35.5. The van der Waals surface area contributed by atoms with E-state index in [1.165, 1.54) is 0 Å². The quantitative estimate of drug-likeness (QED) is 0.890. The minimum atomic E-state index is -1.08. The number of carbonyl (C=O) groups excluding carboxylic acids is 1. The predicted molar refractivity (Wildman–Crippen MR) is 85.2 cm³/mol. The number of amides is 1. The molecule has 0 aliphatic heterocycles. The lowest BCUT2D eigenvalue weighted by Crippen LogP contribution is -2.42. The number of hydrogen-bond donors (Lipinski definition) is 2. The van der Waals surface area contributed by atoms with Crippen LogP contribution in [0.1, 0.15) is 21.5 Å². The van der Waals surface area contributed by atoms with Crippen LogP contribution in [-0.2, 0) is 11.2 Å². The molecular weight excluding hydrogens is 302 g/mol. The number of hydrogen-bond acceptors (Lipinski definition) is 2. The van der Waals surface area contributed by atoms with Crippen molar-refractivity contribution in [3.05, 3.63) is 70.2 Å². The molecule has 0 saturated carbocycles. The number of aliphatic carboxylic acids is 1. The van der Waals surface area contributed by atoms with Crippen LogP contribution in [0.2, 0.25) is 5.02 Å². The van der Waals surface area contributed by atoms with Crippen LogP contribution in [0.3, 0.4) is 0 Å². The zero-order chi connectivity index (χ0) is 16.1. The molecule has 114 valence electrons. The van der Waals surface area contributed by atoms with Crippen molar-refractivity contribution >= 4 is 23.5 Å². The van der Waals surface area contributed by atoms with Gasteiger partial charge in [-0.1, -0.05) is 53.6 Å². The predicted octanol–water partition coefficient (Wildman–Crippen LogP) is 3.07. The number of carboxylic acids is 1. The summed E-state index contributed by atoms with van der Waals surface area (Å²) in [6.07, 6.45) is 0.214. The summed E-state index contributed by atoms with van der Waals surface area (Å²) in [6.45, 7) is 1.96. The van der Waals surface area contributed by atoms with Gasteiger partial charge in [0.15, 0.2) is 0 Å². The highest BCUT2D eigenvalue weighted by Crippen LogP contribution is 2.15. The summed E-state index contributed by atoms with van der Waals surface area (Å²) in [5.74, 6) is -1.58. The highest BCUT2D eigenvalue weighted by molar-refractivity contribution is 6.33. The largest absolute Gasteiger partial charge is 0.480 e. The number of rotatable bonds is 5. The van der Waals surface area contributed by atoms with Crippen LogP contribution in [0.25, 0.3) is 0 Å². The maximum Gasteiger partial charge on any atom is 0.326 e. The average molecular weight is 318 g/mol. The van der Waals surface area contributed by atoms with E-state index in [1.54, 1.807) is 24.3 Å². The van der Waals surface area contributed by atoms with Crippen LogP contribution < -0.4 is 5.32 Å². The molecule has 0 aromatic heterocycles. The van der Waals surface area contributed by atoms with Gasteiger partial charge in [0.05, 0.1) is 10.6 Å². The summed E-state index contributed by atoms with van der Waals surface area (Å²) in [5.41, 5.74) is 2.20. The molecule has 1 amide bonds. The topological polar surface area (TPSA) is 66.4 Å². The number of nitrogens with one attached hydrogen (secondary N) is 1. The number of carboxylic acid groups (broad SMARTS) is 1. The van der Waals surface area contributed by atoms with Crippen molar-refractivity contribution in [2.45, 2.75) is 19.4 Å². The fraction of sp³-hybridized carbons (Fsp3) is 0.176. The molecule has 0 unspecified atom stereocenters. The zero-order valence-electron chi connectivity index (χ0n) is 12.0. The Balaban J connectivity index is 2.12. The van der Waals surface area contributed by atoms with Gasteiger partial charge in [-0.25, -0.2) is 4.79 Å². The second-order valence-corrected chi connectivity index (χ2v) is 5.44. The van der Waals surface area contributed by atoms with Gasteiger partial charge in [-0.2, -0.15) is 0 Å². The van der Waals surface area contributed by atoms with Gasteiger partial charge < -0.3 is 10.4 Å². The normalized spacial score (nSPS) is 11.7. The SMILES string of the molecule is Cc1ccc(C[C@@H](NC(=O)c2ccccc2Cl)C(=O)O)cc1. The summed E-state index contributed by atoms with van der Waals surface area (Å²) >= 11 is 5.95. The van der Waals surface area contributed by atoms with E-state index in [0.29, 0.717) is 5.02 Å². The first kappa shape index (κ1) is 16.0. The van der Waals surface area contributed by atoms with Crippen molar-refractivity contribution < 1.29 is 14.7 Å². The lowest BCUT2D eigenvalue weighted by atomic mass is 10.0. The van der Waals surface area contributed by atoms with Gasteiger partial charge >= 0.3 is 5.97 Å². The Morgan fingerprint density at radius 2 is 1.77 bits per heavy atom. The van der Waals surface area contributed by atoms with Crippen LogP contribution in [0.15, 0.2) is 48.5 Å².